The van der Waals surface area contributed by atoms with E-state index >= 15 is 0 Å². The number of carbonyl (C=O) groups is 1. The van der Waals surface area contributed by atoms with Gasteiger partial charge in [0, 0.05) is 31.9 Å². The van der Waals surface area contributed by atoms with Crippen molar-refractivity contribution < 1.29 is 13.2 Å². The molecule has 0 bridgehead atoms. The maximum atomic E-state index is 13.1. The van der Waals surface area contributed by atoms with Crippen molar-refractivity contribution in [3.05, 3.63) is 30.3 Å². The molecule has 2 aliphatic rings. The van der Waals surface area contributed by atoms with E-state index in [4.69, 9.17) is 0 Å². The minimum atomic E-state index is -3.21. The largest absolute Gasteiger partial charge is 0.371 e. The molecule has 1 aromatic rings. The smallest absolute Gasteiger partial charge is 0.248 e. The van der Waals surface area contributed by atoms with Crippen LogP contribution in [0.2, 0.25) is 0 Å². The van der Waals surface area contributed by atoms with Crippen molar-refractivity contribution in [2.75, 3.05) is 37.2 Å². The zero-order valence-corrected chi connectivity index (χ0v) is 15.6. The molecular formula is C18H27N3O3S. The van der Waals surface area contributed by atoms with Crippen molar-refractivity contribution in [1.29, 1.82) is 0 Å². The molecule has 0 radical (unpaired) electrons. The highest BCUT2D eigenvalue weighted by Gasteiger charge is 2.46. The Morgan fingerprint density at radius 2 is 1.76 bits per heavy atom. The number of benzene rings is 1. The lowest BCUT2D eigenvalue weighted by molar-refractivity contribution is -0.141. The first-order chi connectivity index (χ1) is 12.0. The number of hydrogen-bond acceptors (Lipinski definition) is 4. The lowest BCUT2D eigenvalue weighted by Gasteiger charge is -2.45. The number of sulfonamides is 1. The normalized spacial score (nSPS) is 20.8. The Morgan fingerprint density at radius 3 is 2.28 bits per heavy atom. The molecule has 0 spiro atoms. The van der Waals surface area contributed by atoms with Crippen LogP contribution >= 0.6 is 0 Å². The molecule has 2 saturated heterocycles. The van der Waals surface area contributed by atoms with E-state index in [1.165, 1.54) is 0 Å². The minimum absolute atomic E-state index is 0.107. The summed E-state index contributed by atoms with van der Waals surface area (Å²) in [5, 5.41) is 3.43. The second-order valence-corrected chi connectivity index (χ2v) is 9.02. The van der Waals surface area contributed by atoms with E-state index in [0.29, 0.717) is 32.4 Å². The minimum Gasteiger partial charge on any atom is -0.371 e. The van der Waals surface area contributed by atoms with Crippen LogP contribution in [-0.2, 0) is 14.8 Å². The van der Waals surface area contributed by atoms with Crippen LogP contribution < -0.4 is 5.32 Å². The van der Waals surface area contributed by atoms with E-state index in [9.17, 15) is 13.2 Å². The Balaban J connectivity index is 1.78. The van der Waals surface area contributed by atoms with Crippen molar-refractivity contribution in [2.24, 2.45) is 0 Å². The van der Waals surface area contributed by atoms with Gasteiger partial charge in [-0.2, -0.15) is 0 Å². The molecule has 1 amide bonds. The molecule has 0 saturated carbocycles. The Kier molecular flexibility index (Phi) is 5.34. The van der Waals surface area contributed by atoms with Gasteiger partial charge in [-0.25, -0.2) is 12.7 Å². The summed E-state index contributed by atoms with van der Waals surface area (Å²) in [5.41, 5.74) is 0.196. The number of anilines is 1. The molecule has 138 valence electrons. The third-order valence-corrected chi connectivity index (χ3v) is 7.22. The van der Waals surface area contributed by atoms with Gasteiger partial charge in [0.2, 0.25) is 15.9 Å². The Hall–Kier alpha value is -1.60. The third kappa shape index (κ3) is 3.82. The number of nitrogens with one attached hydrogen (secondary N) is 1. The molecule has 1 aromatic carbocycles. The van der Waals surface area contributed by atoms with Crippen molar-refractivity contribution in [2.45, 2.75) is 38.1 Å². The third-order valence-electron chi connectivity index (χ3n) is 5.14. The van der Waals surface area contributed by atoms with E-state index in [1.54, 1.807) is 4.31 Å². The van der Waals surface area contributed by atoms with Crippen molar-refractivity contribution >= 4 is 21.6 Å². The maximum Gasteiger partial charge on any atom is 0.248 e. The SMILES string of the molecule is CCCS(=O)(=O)N1CCC(Nc2ccccc2)(C(=O)N2CCC2)CC1. The molecule has 6 nitrogen and oxygen atoms in total. The Bertz CT molecular complexity index is 694. The Labute approximate surface area is 150 Å². The van der Waals surface area contributed by atoms with Crippen LogP contribution in [0.4, 0.5) is 5.69 Å². The standard InChI is InChI=1S/C18H27N3O3S/c1-2-15-25(23,24)21-13-9-18(10-14-21,17(22)20-11-6-12-20)19-16-7-4-3-5-8-16/h3-5,7-8,19H,2,6,9-15H2,1H3. The summed E-state index contributed by atoms with van der Waals surface area (Å²) < 4.78 is 26.2. The molecule has 25 heavy (non-hydrogen) atoms. The number of amides is 1. The van der Waals surface area contributed by atoms with Crippen LogP contribution in [0.5, 0.6) is 0 Å². The van der Waals surface area contributed by atoms with Crippen LogP contribution in [0.3, 0.4) is 0 Å². The fourth-order valence-corrected chi connectivity index (χ4v) is 5.06. The van der Waals surface area contributed by atoms with Gasteiger partial charge in [-0.3, -0.25) is 4.79 Å². The second-order valence-electron chi connectivity index (χ2n) is 6.93. The van der Waals surface area contributed by atoms with Crippen LogP contribution in [0.15, 0.2) is 30.3 Å². The quantitative estimate of drug-likeness (QED) is 0.836. The molecule has 2 heterocycles. The predicted octanol–water partition coefficient (Wildman–Crippen LogP) is 1.91. The van der Waals surface area contributed by atoms with Crippen LogP contribution in [0.1, 0.15) is 32.6 Å². The molecule has 2 fully saturated rings. The van der Waals surface area contributed by atoms with Gasteiger partial charge in [0.05, 0.1) is 5.75 Å². The second kappa shape index (κ2) is 7.33. The van der Waals surface area contributed by atoms with E-state index < -0.39 is 15.6 Å². The monoisotopic (exact) mass is 365 g/mol. The van der Waals surface area contributed by atoms with Gasteiger partial charge in [-0.15, -0.1) is 0 Å². The summed E-state index contributed by atoms with van der Waals surface area (Å²) in [6.45, 7) is 4.25. The van der Waals surface area contributed by atoms with Gasteiger partial charge < -0.3 is 10.2 Å². The fraction of sp³-hybridized carbons (Fsp3) is 0.611. The molecule has 0 aromatic heterocycles. The zero-order valence-electron chi connectivity index (χ0n) is 14.8. The number of piperidine rings is 1. The lowest BCUT2D eigenvalue weighted by Crippen LogP contribution is -2.62. The van der Waals surface area contributed by atoms with Crippen molar-refractivity contribution in [3.8, 4) is 0 Å². The summed E-state index contributed by atoms with van der Waals surface area (Å²) in [5.74, 6) is 0.279. The summed E-state index contributed by atoms with van der Waals surface area (Å²) >= 11 is 0. The average Bonchev–Trinajstić information content (AvgIpc) is 2.54. The van der Waals surface area contributed by atoms with Gasteiger partial charge in [-0.1, -0.05) is 25.1 Å². The number of likely N-dealkylation sites (tertiary alicyclic amines) is 1. The molecule has 0 unspecified atom stereocenters. The molecule has 7 heteroatoms. The van der Waals surface area contributed by atoms with E-state index in [1.807, 2.05) is 42.2 Å². The van der Waals surface area contributed by atoms with E-state index in [0.717, 1.165) is 25.2 Å². The van der Waals surface area contributed by atoms with Crippen LogP contribution in [-0.4, -0.2) is 61.0 Å². The summed E-state index contributed by atoms with van der Waals surface area (Å²) in [6, 6.07) is 9.71. The molecular weight excluding hydrogens is 338 g/mol. The van der Waals surface area contributed by atoms with Gasteiger partial charge in [-0.05, 0) is 37.8 Å². The number of para-hydroxylation sites is 1. The number of rotatable bonds is 6. The van der Waals surface area contributed by atoms with E-state index in [2.05, 4.69) is 5.32 Å². The summed E-state index contributed by atoms with van der Waals surface area (Å²) in [7, 11) is -3.21. The topological polar surface area (TPSA) is 69.7 Å². The van der Waals surface area contributed by atoms with Crippen LogP contribution in [0.25, 0.3) is 0 Å². The number of nitrogens with zero attached hydrogens (tertiary/aromatic N) is 2. The summed E-state index contributed by atoms with van der Waals surface area (Å²) in [4.78, 5) is 15.0. The van der Waals surface area contributed by atoms with Gasteiger partial charge in [0.25, 0.3) is 0 Å². The molecule has 0 aliphatic carbocycles. The van der Waals surface area contributed by atoms with Gasteiger partial charge >= 0.3 is 0 Å². The maximum absolute atomic E-state index is 13.1. The fourth-order valence-electron chi connectivity index (χ4n) is 3.55. The van der Waals surface area contributed by atoms with Crippen molar-refractivity contribution in [3.63, 3.8) is 0 Å². The van der Waals surface area contributed by atoms with Crippen LogP contribution in [0, 0.1) is 0 Å². The molecule has 1 N–H and O–H groups in total. The average molecular weight is 365 g/mol. The lowest BCUT2D eigenvalue weighted by atomic mass is 9.85. The van der Waals surface area contributed by atoms with Gasteiger partial charge in [0.15, 0.2) is 0 Å². The number of hydrogen-bond donors (Lipinski definition) is 1. The predicted molar refractivity (Wildman–Crippen MR) is 98.9 cm³/mol. The molecule has 0 atom stereocenters. The highest BCUT2D eigenvalue weighted by Crippen LogP contribution is 2.31. The first-order valence-electron chi connectivity index (χ1n) is 9.07. The first-order valence-corrected chi connectivity index (χ1v) is 10.7. The first kappa shape index (κ1) is 18.2. The van der Waals surface area contributed by atoms with Crippen molar-refractivity contribution in [1.82, 2.24) is 9.21 Å². The van der Waals surface area contributed by atoms with Gasteiger partial charge in [0.1, 0.15) is 5.54 Å². The highest BCUT2D eigenvalue weighted by molar-refractivity contribution is 7.89. The Morgan fingerprint density at radius 1 is 1.12 bits per heavy atom. The number of carbonyl (C=O) groups excluding carboxylic acids is 1. The molecule has 3 rings (SSSR count). The summed E-state index contributed by atoms with van der Waals surface area (Å²) in [6.07, 6.45) is 2.66. The molecule has 2 aliphatic heterocycles. The van der Waals surface area contributed by atoms with E-state index in [-0.39, 0.29) is 11.7 Å². The highest BCUT2D eigenvalue weighted by atomic mass is 32.2. The zero-order chi connectivity index (χ0) is 17.9.